The Hall–Kier alpha value is -2.11. The predicted octanol–water partition coefficient (Wildman–Crippen LogP) is 0.537. The highest BCUT2D eigenvalue weighted by atomic mass is 16.5. The van der Waals surface area contributed by atoms with E-state index in [9.17, 15) is 4.79 Å². The summed E-state index contributed by atoms with van der Waals surface area (Å²) in [6.45, 7) is 2.27. The summed E-state index contributed by atoms with van der Waals surface area (Å²) in [4.78, 5) is 20.3. The molecule has 0 saturated heterocycles. The number of imidazole rings is 1. The number of hydrogen-bond acceptors (Lipinski definition) is 4. The molecule has 6 nitrogen and oxygen atoms in total. The van der Waals surface area contributed by atoms with Crippen LogP contribution in [0.4, 0.5) is 0 Å². The molecule has 0 aliphatic carbocycles. The monoisotopic (exact) mass is 248 g/mol. The van der Waals surface area contributed by atoms with E-state index in [1.807, 2.05) is 17.8 Å². The minimum absolute atomic E-state index is 0.103. The normalized spacial score (nSPS) is 10.6. The maximum atomic E-state index is 11.9. The number of rotatable bonds is 4. The van der Waals surface area contributed by atoms with E-state index in [-0.39, 0.29) is 5.56 Å². The summed E-state index contributed by atoms with van der Waals surface area (Å²) in [5.41, 5.74) is 0.554. The zero-order valence-corrected chi connectivity index (χ0v) is 10.8. The molecular formula is C12H16N4O2. The Bertz CT molecular complexity index is 600. The first-order valence-corrected chi connectivity index (χ1v) is 5.70. The molecule has 0 N–H and O–H groups in total. The van der Waals surface area contributed by atoms with E-state index < -0.39 is 0 Å². The quantitative estimate of drug-likeness (QED) is 0.792. The van der Waals surface area contributed by atoms with Crippen LogP contribution in [-0.4, -0.2) is 26.2 Å². The molecule has 0 radical (unpaired) electrons. The van der Waals surface area contributed by atoms with Crippen molar-refractivity contribution in [1.82, 2.24) is 19.1 Å². The van der Waals surface area contributed by atoms with Gasteiger partial charge < -0.3 is 9.30 Å². The molecule has 0 aromatic carbocycles. The SMILES string of the molecule is COc1nc(C)cc(=O)n1CCc1nccn1C. The summed E-state index contributed by atoms with van der Waals surface area (Å²) in [7, 11) is 3.44. The van der Waals surface area contributed by atoms with E-state index in [0.29, 0.717) is 24.7 Å². The minimum Gasteiger partial charge on any atom is -0.468 e. The smallest absolute Gasteiger partial charge is 0.299 e. The van der Waals surface area contributed by atoms with Crippen molar-refractivity contribution >= 4 is 0 Å². The molecule has 2 aromatic rings. The van der Waals surface area contributed by atoms with Crippen LogP contribution in [0.1, 0.15) is 11.5 Å². The molecule has 0 unspecified atom stereocenters. The van der Waals surface area contributed by atoms with Crippen LogP contribution in [0.5, 0.6) is 6.01 Å². The molecule has 6 heteroatoms. The van der Waals surface area contributed by atoms with Gasteiger partial charge >= 0.3 is 0 Å². The molecule has 0 amide bonds. The first-order chi connectivity index (χ1) is 8.61. The van der Waals surface area contributed by atoms with Gasteiger partial charge in [0.15, 0.2) is 0 Å². The third-order valence-corrected chi connectivity index (χ3v) is 2.76. The molecule has 2 rings (SSSR count). The van der Waals surface area contributed by atoms with E-state index in [0.717, 1.165) is 5.82 Å². The van der Waals surface area contributed by atoms with Crippen LogP contribution in [0, 0.1) is 6.92 Å². The zero-order valence-electron chi connectivity index (χ0n) is 10.8. The van der Waals surface area contributed by atoms with Crippen LogP contribution in [0.25, 0.3) is 0 Å². The van der Waals surface area contributed by atoms with Gasteiger partial charge in [-0.2, -0.15) is 0 Å². The average molecular weight is 248 g/mol. The zero-order chi connectivity index (χ0) is 13.1. The van der Waals surface area contributed by atoms with Crippen LogP contribution in [0.15, 0.2) is 23.3 Å². The van der Waals surface area contributed by atoms with Crippen molar-refractivity contribution < 1.29 is 4.74 Å². The number of ether oxygens (including phenoxy) is 1. The van der Waals surface area contributed by atoms with Gasteiger partial charge in [0.1, 0.15) is 5.82 Å². The lowest BCUT2D eigenvalue weighted by molar-refractivity contribution is 0.343. The molecule has 96 valence electrons. The lowest BCUT2D eigenvalue weighted by Crippen LogP contribution is -2.24. The largest absolute Gasteiger partial charge is 0.468 e. The summed E-state index contributed by atoms with van der Waals surface area (Å²) >= 11 is 0. The highest BCUT2D eigenvalue weighted by Gasteiger charge is 2.08. The van der Waals surface area contributed by atoms with Crippen molar-refractivity contribution in [2.75, 3.05) is 7.11 Å². The third kappa shape index (κ3) is 2.42. The highest BCUT2D eigenvalue weighted by Crippen LogP contribution is 2.06. The number of methoxy groups -OCH3 is 1. The summed E-state index contributed by atoms with van der Waals surface area (Å²) in [6.07, 6.45) is 4.27. The Morgan fingerprint density at radius 1 is 1.44 bits per heavy atom. The average Bonchev–Trinajstić information content (AvgIpc) is 2.73. The Balaban J connectivity index is 2.24. The van der Waals surface area contributed by atoms with E-state index in [4.69, 9.17) is 4.74 Å². The fourth-order valence-electron chi connectivity index (χ4n) is 1.81. The standard InChI is InChI=1S/C12H16N4O2/c1-9-8-11(17)16(12(14-9)18-3)6-4-10-13-5-7-15(10)2/h5,7-8H,4,6H2,1-3H3. The second-order valence-corrected chi connectivity index (χ2v) is 4.08. The fraction of sp³-hybridized carbons (Fsp3) is 0.417. The van der Waals surface area contributed by atoms with Crippen LogP contribution in [0.2, 0.25) is 0 Å². The van der Waals surface area contributed by atoms with Gasteiger partial charge in [0.05, 0.1) is 7.11 Å². The maximum absolute atomic E-state index is 11.9. The molecule has 18 heavy (non-hydrogen) atoms. The molecule has 0 saturated carbocycles. The molecular weight excluding hydrogens is 232 g/mol. The van der Waals surface area contributed by atoms with Gasteiger partial charge in [0.2, 0.25) is 0 Å². The fourth-order valence-corrected chi connectivity index (χ4v) is 1.81. The van der Waals surface area contributed by atoms with Crippen LogP contribution in [0.3, 0.4) is 0 Å². The van der Waals surface area contributed by atoms with Gasteiger partial charge in [-0.15, -0.1) is 0 Å². The van der Waals surface area contributed by atoms with Crippen molar-refractivity contribution in [3.05, 3.63) is 40.3 Å². The Kier molecular flexibility index (Phi) is 3.45. The summed E-state index contributed by atoms with van der Waals surface area (Å²) in [5, 5.41) is 0. The summed E-state index contributed by atoms with van der Waals surface area (Å²) < 4.78 is 8.58. The van der Waals surface area contributed by atoms with Crippen LogP contribution in [-0.2, 0) is 20.0 Å². The number of aryl methyl sites for hydroxylation is 3. The maximum Gasteiger partial charge on any atom is 0.299 e. The lowest BCUT2D eigenvalue weighted by atomic mass is 10.3. The van der Waals surface area contributed by atoms with Gasteiger partial charge in [-0.1, -0.05) is 0 Å². The topological polar surface area (TPSA) is 61.9 Å². The third-order valence-electron chi connectivity index (χ3n) is 2.76. The van der Waals surface area contributed by atoms with E-state index in [2.05, 4.69) is 9.97 Å². The summed E-state index contributed by atoms with van der Waals surface area (Å²) in [5.74, 6) is 0.921. The number of hydrogen-bond donors (Lipinski definition) is 0. The second-order valence-electron chi connectivity index (χ2n) is 4.08. The first-order valence-electron chi connectivity index (χ1n) is 5.70. The van der Waals surface area contributed by atoms with Crippen molar-refractivity contribution in [3.8, 4) is 6.01 Å². The van der Waals surface area contributed by atoms with Crippen LogP contribution < -0.4 is 10.3 Å². The van der Waals surface area contributed by atoms with E-state index in [1.54, 1.807) is 13.1 Å². The van der Waals surface area contributed by atoms with Crippen LogP contribution >= 0.6 is 0 Å². The molecule has 0 fully saturated rings. The van der Waals surface area contributed by atoms with Crippen molar-refractivity contribution in [2.24, 2.45) is 7.05 Å². The Morgan fingerprint density at radius 2 is 2.22 bits per heavy atom. The van der Waals surface area contributed by atoms with Gasteiger partial charge in [-0.25, -0.2) is 9.97 Å². The van der Waals surface area contributed by atoms with Gasteiger partial charge in [-0.05, 0) is 6.92 Å². The minimum atomic E-state index is -0.103. The molecule has 0 aliphatic heterocycles. The Labute approximate surface area is 105 Å². The van der Waals surface area contributed by atoms with Crippen molar-refractivity contribution in [1.29, 1.82) is 0 Å². The highest BCUT2D eigenvalue weighted by molar-refractivity contribution is 5.07. The number of nitrogens with zero attached hydrogens (tertiary/aromatic N) is 4. The Morgan fingerprint density at radius 3 is 2.83 bits per heavy atom. The second kappa shape index (κ2) is 5.03. The predicted molar refractivity (Wildman–Crippen MR) is 66.7 cm³/mol. The lowest BCUT2D eigenvalue weighted by Gasteiger charge is -2.10. The van der Waals surface area contributed by atoms with Gasteiger partial charge in [0.25, 0.3) is 11.6 Å². The molecule has 2 aromatic heterocycles. The molecule has 0 bridgehead atoms. The van der Waals surface area contributed by atoms with Gasteiger partial charge in [0, 0.05) is 44.2 Å². The molecule has 0 atom stereocenters. The first kappa shape index (κ1) is 12.3. The molecule has 0 spiro atoms. The number of aromatic nitrogens is 4. The van der Waals surface area contributed by atoms with E-state index >= 15 is 0 Å². The van der Waals surface area contributed by atoms with Crippen molar-refractivity contribution in [2.45, 2.75) is 19.9 Å². The molecule has 2 heterocycles. The van der Waals surface area contributed by atoms with E-state index in [1.165, 1.54) is 17.7 Å². The van der Waals surface area contributed by atoms with Crippen molar-refractivity contribution in [3.63, 3.8) is 0 Å². The molecule has 0 aliphatic rings. The summed E-state index contributed by atoms with van der Waals surface area (Å²) in [6, 6.07) is 1.84. The van der Waals surface area contributed by atoms with Gasteiger partial charge in [-0.3, -0.25) is 9.36 Å².